The highest BCUT2D eigenvalue weighted by molar-refractivity contribution is 7.16. The van der Waals surface area contributed by atoms with Gasteiger partial charge in [0, 0.05) is 40.9 Å². The molecule has 0 aromatic carbocycles. The van der Waals surface area contributed by atoms with Gasteiger partial charge in [-0.2, -0.15) is 8.78 Å². The third-order valence-corrected chi connectivity index (χ3v) is 7.24. The van der Waals surface area contributed by atoms with E-state index in [4.69, 9.17) is 16.3 Å². The zero-order chi connectivity index (χ0) is 21.8. The predicted octanol–water partition coefficient (Wildman–Crippen LogP) is 3.97. The van der Waals surface area contributed by atoms with Crippen LogP contribution < -0.4 is 5.32 Å². The second kappa shape index (κ2) is 7.54. The fourth-order valence-corrected chi connectivity index (χ4v) is 5.89. The summed E-state index contributed by atoms with van der Waals surface area (Å²) in [7, 11) is 0. The van der Waals surface area contributed by atoms with Crippen LogP contribution >= 0.6 is 22.9 Å². The molecule has 3 aromatic rings. The van der Waals surface area contributed by atoms with Crippen molar-refractivity contribution in [1.29, 1.82) is 0 Å². The second-order valence-electron chi connectivity index (χ2n) is 8.29. The second-order valence-corrected chi connectivity index (χ2v) is 9.97. The van der Waals surface area contributed by atoms with E-state index < -0.39 is 18.1 Å². The fourth-order valence-electron chi connectivity index (χ4n) is 4.44. The number of piperidine rings is 1. The van der Waals surface area contributed by atoms with E-state index in [2.05, 4.69) is 25.6 Å². The summed E-state index contributed by atoms with van der Waals surface area (Å²) in [6, 6.07) is 1.23. The third-order valence-electron chi connectivity index (χ3n) is 5.79. The molecule has 5 rings (SSSR count). The van der Waals surface area contributed by atoms with Crippen LogP contribution in [-0.4, -0.2) is 37.6 Å². The van der Waals surface area contributed by atoms with Crippen molar-refractivity contribution in [3.63, 3.8) is 0 Å². The third kappa shape index (κ3) is 3.86. The molecule has 0 saturated carbocycles. The van der Waals surface area contributed by atoms with Crippen molar-refractivity contribution in [3.05, 3.63) is 56.5 Å². The summed E-state index contributed by atoms with van der Waals surface area (Å²) in [5.74, 6) is -2.33. The lowest BCUT2D eigenvalue weighted by molar-refractivity contribution is -0.183. The maximum Gasteiger partial charge on any atom is 0.297 e. The minimum atomic E-state index is -3.03. The Morgan fingerprint density at radius 3 is 2.87 bits per heavy atom. The number of hydrogen-bond donors (Lipinski definition) is 1. The average molecular weight is 467 g/mol. The maximum absolute atomic E-state index is 14.5. The van der Waals surface area contributed by atoms with E-state index in [1.807, 2.05) is 20.0 Å². The first kappa shape index (κ1) is 20.9. The highest BCUT2D eigenvalue weighted by atomic mass is 35.5. The van der Waals surface area contributed by atoms with Gasteiger partial charge in [0.15, 0.2) is 0 Å². The summed E-state index contributed by atoms with van der Waals surface area (Å²) in [4.78, 5) is 8.93. The first-order valence-electron chi connectivity index (χ1n) is 10.00. The van der Waals surface area contributed by atoms with Crippen LogP contribution in [0, 0.1) is 6.92 Å². The van der Waals surface area contributed by atoms with Gasteiger partial charge >= 0.3 is 0 Å². The largest absolute Gasteiger partial charge is 0.363 e. The van der Waals surface area contributed by atoms with Crippen LogP contribution in [0.15, 0.2) is 24.7 Å². The molecule has 11 heteroatoms. The van der Waals surface area contributed by atoms with Gasteiger partial charge in [-0.1, -0.05) is 16.8 Å². The van der Waals surface area contributed by atoms with Gasteiger partial charge in [-0.25, -0.2) is 14.6 Å². The molecule has 164 valence electrons. The molecular formula is C20H21ClF2N6OS. The van der Waals surface area contributed by atoms with Gasteiger partial charge in [-0.3, -0.25) is 0 Å². The molecule has 1 saturated heterocycles. The van der Waals surface area contributed by atoms with Crippen LogP contribution in [0.25, 0.3) is 0 Å². The number of aromatic nitrogens is 5. The number of nitrogens with one attached hydrogen (secondary N) is 1. The van der Waals surface area contributed by atoms with Crippen LogP contribution in [0.5, 0.6) is 0 Å². The molecule has 0 amide bonds. The van der Waals surface area contributed by atoms with Crippen molar-refractivity contribution in [2.24, 2.45) is 0 Å². The molecule has 7 nitrogen and oxygen atoms in total. The summed E-state index contributed by atoms with van der Waals surface area (Å²) in [6.45, 7) is 3.70. The van der Waals surface area contributed by atoms with E-state index in [1.165, 1.54) is 17.4 Å². The Bertz CT molecular complexity index is 1100. The van der Waals surface area contributed by atoms with Crippen LogP contribution in [0.3, 0.4) is 0 Å². The fraction of sp³-hybridized carbons (Fsp3) is 0.500. The summed E-state index contributed by atoms with van der Waals surface area (Å²) in [5.41, 5.74) is 0.826. The number of nitrogens with zero attached hydrogens (tertiary/aromatic N) is 5. The molecule has 31 heavy (non-hydrogen) atoms. The van der Waals surface area contributed by atoms with E-state index in [-0.39, 0.29) is 17.6 Å². The Labute approximate surface area is 186 Å². The average Bonchev–Trinajstić information content (AvgIpc) is 3.35. The van der Waals surface area contributed by atoms with E-state index >= 15 is 0 Å². The molecule has 3 atom stereocenters. The van der Waals surface area contributed by atoms with Crippen molar-refractivity contribution in [1.82, 2.24) is 30.3 Å². The quantitative estimate of drug-likeness (QED) is 0.629. The Morgan fingerprint density at radius 1 is 1.32 bits per heavy atom. The maximum atomic E-state index is 14.5. The predicted molar refractivity (Wildman–Crippen MR) is 111 cm³/mol. The summed E-state index contributed by atoms with van der Waals surface area (Å²) < 4.78 is 36.9. The van der Waals surface area contributed by atoms with Crippen LogP contribution in [-0.2, 0) is 22.8 Å². The van der Waals surface area contributed by atoms with Gasteiger partial charge in [0.05, 0.1) is 28.8 Å². The molecule has 0 bridgehead atoms. The number of aryl methyl sites for hydroxylation is 1. The minimum absolute atomic E-state index is 0.00961. The molecule has 2 aliphatic heterocycles. The van der Waals surface area contributed by atoms with Crippen molar-refractivity contribution >= 4 is 22.9 Å². The molecule has 1 spiro atoms. The number of thiophene rings is 1. The number of alkyl halides is 2. The molecule has 0 radical (unpaired) electrons. The van der Waals surface area contributed by atoms with Crippen molar-refractivity contribution in [2.75, 3.05) is 6.61 Å². The van der Waals surface area contributed by atoms with Gasteiger partial charge in [0.2, 0.25) is 0 Å². The Kier molecular flexibility index (Phi) is 5.08. The summed E-state index contributed by atoms with van der Waals surface area (Å²) >= 11 is 7.32. The highest BCUT2D eigenvalue weighted by Crippen LogP contribution is 2.54. The lowest BCUT2D eigenvalue weighted by Gasteiger charge is -2.47. The van der Waals surface area contributed by atoms with Gasteiger partial charge < -0.3 is 10.1 Å². The van der Waals surface area contributed by atoms with Gasteiger partial charge in [0.1, 0.15) is 18.0 Å². The zero-order valence-electron chi connectivity index (χ0n) is 17.0. The van der Waals surface area contributed by atoms with Crippen LogP contribution in [0.2, 0.25) is 4.34 Å². The summed E-state index contributed by atoms with van der Waals surface area (Å²) in [6.07, 6.45) is 6.44. The smallest absolute Gasteiger partial charge is 0.297 e. The highest BCUT2D eigenvalue weighted by Gasteiger charge is 2.53. The SMILES string of the molecule is Cc1ncc(Cn2cc([C@@H]3C[C@]4(C[C@H](C)N3)OCC(F)(F)c3cc(Cl)sc34)nn2)cn1. The molecule has 2 aliphatic rings. The van der Waals surface area contributed by atoms with Gasteiger partial charge in [0.25, 0.3) is 5.92 Å². The molecule has 5 heterocycles. The first-order valence-corrected chi connectivity index (χ1v) is 11.2. The molecule has 0 unspecified atom stereocenters. The van der Waals surface area contributed by atoms with Gasteiger partial charge in [-0.05, 0) is 26.3 Å². The number of hydrogen-bond acceptors (Lipinski definition) is 7. The van der Waals surface area contributed by atoms with Crippen LogP contribution in [0.4, 0.5) is 8.78 Å². The molecule has 1 fully saturated rings. The topological polar surface area (TPSA) is 77.8 Å². The molecule has 3 aromatic heterocycles. The number of ether oxygens (including phenoxy) is 1. The zero-order valence-corrected chi connectivity index (χ0v) is 18.6. The molecule has 1 N–H and O–H groups in total. The minimum Gasteiger partial charge on any atom is -0.363 e. The molecule has 0 aliphatic carbocycles. The number of halogens is 3. The first-order chi connectivity index (χ1) is 14.7. The number of rotatable bonds is 3. The normalized spacial score (nSPS) is 27.4. The standard InChI is InChI=1S/C20H21ClF2N6OS/c1-11-4-19(18-14(3-17(21)31-18)20(22,23)10-30-19)5-15(26-11)16-9-29(28-27-16)8-13-6-24-12(2)25-7-13/h3,6-7,9,11,15,26H,4-5,8,10H2,1-2H3/t11-,15-,19-/m0/s1. The van der Waals surface area contributed by atoms with Gasteiger partial charge in [-0.15, -0.1) is 16.4 Å². The van der Waals surface area contributed by atoms with E-state index in [0.717, 1.165) is 11.3 Å². The van der Waals surface area contributed by atoms with E-state index in [9.17, 15) is 8.78 Å². The lowest BCUT2D eigenvalue weighted by atomic mass is 9.78. The van der Waals surface area contributed by atoms with E-state index in [1.54, 1.807) is 17.1 Å². The van der Waals surface area contributed by atoms with Crippen LogP contribution in [0.1, 0.15) is 53.3 Å². The van der Waals surface area contributed by atoms with E-state index in [0.29, 0.717) is 34.4 Å². The van der Waals surface area contributed by atoms with Crippen molar-refractivity contribution < 1.29 is 13.5 Å². The van der Waals surface area contributed by atoms with Crippen molar-refractivity contribution in [2.45, 2.75) is 56.8 Å². The lowest BCUT2D eigenvalue weighted by Crippen LogP contribution is -2.51. The number of fused-ring (bicyclic) bond motifs is 2. The monoisotopic (exact) mass is 466 g/mol. The Hall–Kier alpha value is -2.01. The summed E-state index contributed by atoms with van der Waals surface area (Å²) in [5, 5.41) is 12.1. The Balaban J connectivity index is 1.42. The van der Waals surface area contributed by atoms with Crippen molar-refractivity contribution in [3.8, 4) is 0 Å². The molecular weight excluding hydrogens is 446 g/mol. The Morgan fingerprint density at radius 2 is 2.10 bits per heavy atom.